The minimum atomic E-state index is -3.57. The van der Waals surface area contributed by atoms with Gasteiger partial charge in [0.25, 0.3) is 0 Å². The fraction of sp³-hybridized carbons (Fsp3) is 0.714. The van der Waals surface area contributed by atoms with Gasteiger partial charge in [0.05, 0.1) is 11.4 Å². The first-order chi connectivity index (χ1) is 9.78. The fourth-order valence-corrected chi connectivity index (χ4v) is 4.57. The Labute approximate surface area is 126 Å². The minimum absolute atomic E-state index is 0.190. The number of hydrogen-bond acceptors (Lipinski definition) is 4. The minimum Gasteiger partial charge on any atom is -0.273 e. The van der Waals surface area contributed by atoms with Gasteiger partial charge in [-0.2, -0.15) is 9.40 Å². The van der Waals surface area contributed by atoms with E-state index < -0.39 is 10.0 Å². The summed E-state index contributed by atoms with van der Waals surface area (Å²) in [5.41, 5.74) is 0.811. The molecule has 2 heterocycles. The summed E-state index contributed by atoms with van der Waals surface area (Å²) < 4.78 is 28.4. The number of carbonyl (C=O) groups is 1. The zero-order valence-electron chi connectivity index (χ0n) is 13.1. The van der Waals surface area contributed by atoms with Crippen LogP contribution < -0.4 is 0 Å². The summed E-state index contributed by atoms with van der Waals surface area (Å²) in [4.78, 5) is 12.0. The largest absolute Gasteiger partial charge is 0.273 e. The van der Waals surface area contributed by atoms with Gasteiger partial charge in [0.1, 0.15) is 4.90 Å². The molecule has 1 aromatic heterocycles. The summed E-state index contributed by atoms with van der Waals surface area (Å²) in [6.07, 6.45) is 2.04. The molecule has 2 rings (SSSR count). The van der Waals surface area contributed by atoms with Crippen LogP contribution in [-0.2, 0) is 10.0 Å². The first kappa shape index (κ1) is 16.2. The maximum atomic E-state index is 12.8. The molecule has 118 valence electrons. The number of aryl methyl sites for hydroxylation is 1. The van der Waals surface area contributed by atoms with Gasteiger partial charge in [-0.15, -0.1) is 0 Å². The molecule has 0 atom stereocenters. The van der Waals surface area contributed by atoms with Crippen molar-refractivity contribution in [3.05, 3.63) is 11.4 Å². The van der Waals surface area contributed by atoms with Crippen molar-refractivity contribution in [1.29, 1.82) is 0 Å². The molecule has 21 heavy (non-hydrogen) atoms. The van der Waals surface area contributed by atoms with Crippen molar-refractivity contribution >= 4 is 15.9 Å². The van der Waals surface area contributed by atoms with Crippen LogP contribution in [0, 0.1) is 19.8 Å². The number of aromatic nitrogens is 2. The topological polar surface area (TPSA) is 72.3 Å². The van der Waals surface area contributed by atoms with E-state index in [4.69, 9.17) is 0 Å². The van der Waals surface area contributed by atoms with E-state index in [0.717, 1.165) is 12.8 Å². The van der Waals surface area contributed by atoms with E-state index in [-0.39, 0.29) is 10.8 Å². The highest BCUT2D eigenvalue weighted by molar-refractivity contribution is 7.89. The van der Waals surface area contributed by atoms with Crippen LogP contribution in [0.2, 0.25) is 0 Å². The van der Waals surface area contributed by atoms with Crippen LogP contribution in [0.1, 0.15) is 49.3 Å². The lowest BCUT2D eigenvalue weighted by molar-refractivity contribution is 0.0890. The van der Waals surface area contributed by atoms with Crippen molar-refractivity contribution in [3.8, 4) is 0 Å². The van der Waals surface area contributed by atoms with Gasteiger partial charge in [-0.25, -0.2) is 13.1 Å². The Balaban J connectivity index is 2.41. The van der Waals surface area contributed by atoms with E-state index in [1.807, 2.05) is 0 Å². The van der Waals surface area contributed by atoms with Crippen LogP contribution in [0.4, 0.5) is 0 Å². The number of carbonyl (C=O) groups excluding carboxylic acids is 1. The normalized spacial score (nSPS) is 18.1. The number of hydrogen-bond donors (Lipinski definition) is 0. The van der Waals surface area contributed by atoms with Crippen LogP contribution in [0.15, 0.2) is 4.90 Å². The van der Waals surface area contributed by atoms with E-state index in [1.54, 1.807) is 20.8 Å². The molecular formula is C14H23N3O3S. The van der Waals surface area contributed by atoms with Gasteiger partial charge >= 0.3 is 0 Å². The molecule has 6 nitrogen and oxygen atoms in total. The number of nitrogens with zero attached hydrogens (tertiary/aromatic N) is 3. The number of piperidine rings is 1. The quantitative estimate of drug-likeness (QED) is 0.855. The van der Waals surface area contributed by atoms with Crippen molar-refractivity contribution in [3.63, 3.8) is 0 Å². The van der Waals surface area contributed by atoms with Crippen LogP contribution in [0.3, 0.4) is 0 Å². The highest BCUT2D eigenvalue weighted by atomic mass is 32.2. The molecule has 0 radical (unpaired) electrons. The van der Waals surface area contributed by atoms with Crippen molar-refractivity contribution in [2.75, 3.05) is 13.1 Å². The van der Waals surface area contributed by atoms with Gasteiger partial charge in [0, 0.05) is 19.5 Å². The third-order valence-electron chi connectivity index (χ3n) is 4.10. The van der Waals surface area contributed by atoms with E-state index in [9.17, 15) is 13.2 Å². The maximum absolute atomic E-state index is 12.8. The average Bonchev–Trinajstić information content (AvgIpc) is 2.74. The van der Waals surface area contributed by atoms with Crippen molar-refractivity contribution in [1.82, 2.24) is 14.1 Å². The van der Waals surface area contributed by atoms with Crippen LogP contribution in [-0.4, -0.2) is 41.5 Å². The molecule has 0 amide bonds. The Morgan fingerprint density at radius 1 is 1.29 bits per heavy atom. The molecule has 1 saturated heterocycles. The van der Waals surface area contributed by atoms with Gasteiger partial charge in [-0.1, -0.05) is 13.8 Å². The summed E-state index contributed by atoms with van der Waals surface area (Å²) in [6, 6.07) is 0. The Hall–Kier alpha value is -1.21. The van der Waals surface area contributed by atoms with Crippen molar-refractivity contribution in [2.45, 2.75) is 51.9 Å². The van der Waals surface area contributed by atoms with Crippen molar-refractivity contribution in [2.24, 2.45) is 5.92 Å². The molecule has 1 aliphatic rings. The van der Waals surface area contributed by atoms with Crippen molar-refractivity contribution < 1.29 is 13.2 Å². The average molecular weight is 313 g/mol. The molecule has 0 aromatic carbocycles. The molecule has 7 heteroatoms. The van der Waals surface area contributed by atoms with Gasteiger partial charge in [-0.05, 0) is 32.6 Å². The summed E-state index contributed by atoms with van der Waals surface area (Å²) in [5, 5.41) is 4.12. The van der Waals surface area contributed by atoms with E-state index >= 15 is 0 Å². The van der Waals surface area contributed by atoms with Gasteiger partial charge in [0.2, 0.25) is 15.9 Å². The predicted octanol–water partition coefficient (Wildman–Crippen LogP) is 1.97. The van der Waals surface area contributed by atoms with E-state index in [1.165, 1.54) is 8.99 Å². The molecule has 0 unspecified atom stereocenters. The third-order valence-corrected chi connectivity index (χ3v) is 6.26. The molecular weight excluding hydrogens is 290 g/mol. The standard InChI is InChI=1S/C14H23N3O3S/c1-5-13(18)17-12(4)14(11(3)15-17)21(19,20)16-8-6-10(2)7-9-16/h10H,5-9H2,1-4H3. The monoisotopic (exact) mass is 313 g/mol. The molecule has 0 N–H and O–H groups in total. The van der Waals surface area contributed by atoms with Gasteiger partial charge in [-0.3, -0.25) is 4.79 Å². The summed E-state index contributed by atoms with van der Waals surface area (Å²) >= 11 is 0. The highest BCUT2D eigenvalue weighted by Crippen LogP contribution is 2.27. The Morgan fingerprint density at radius 2 is 1.86 bits per heavy atom. The second-order valence-electron chi connectivity index (χ2n) is 5.75. The Bertz CT molecular complexity index is 641. The van der Waals surface area contributed by atoms with Crippen LogP contribution >= 0.6 is 0 Å². The number of rotatable bonds is 3. The molecule has 1 aliphatic heterocycles. The molecule has 0 aliphatic carbocycles. The lowest BCUT2D eigenvalue weighted by Crippen LogP contribution is -2.38. The zero-order chi connectivity index (χ0) is 15.8. The second kappa shape index (κ2) is 5.88. The number of sulfonamides is 1. The first-order valence-electron chi connectivity index (χ1n) is 7.38. The maximum Gasteiger partial charge on any atom is 0.246 e. The summed E-state index contributed by atoms with van der Waals surface area (Å²) in [6.45, 7) is 8.24. The van der Waals surface area contributed by atoms with E-state index in [2.05, 4.69) is 12.0 Å². The Kier molecular flexibility index (Phi) is 4.53. The molecule has 0 bridgehead atoms. The molecule has 1 aromatic rings. The zero-order valence-corrected chi connectivity index (χ0v) is 13.9. The fourth-order valence-electron chi connectivity index (χ4n) is 2.75. The molecule has 1 fully saturated rings. The highest BCUT2D eigenvalue weighted by Gasteiger charge is 2.33. The van der Waals surface area contributed by atoms with Crippen LogP contribution in [0.25, 0.3) is 0 Å². The molecule has 0 spiro atoms. The summed E-state index contributed by atoms with van der Waals surface area (Å²) in [7, 11) is -3.57. The van der Waals surface area contributed by atoms with E-state index in [0.29, 0.717) is 36.8 Å². The summed E-state index contributed by atoms with van der Waals surface area (Å²) in [5.74, 6) is 0.368. The SMILES string of the molecule is CCC(=O)n1nc(C)c(S(=O)(=O)N2CCC(C)CC2)c1C. The van der Waals surface area contributed by atoms with Gasteiger partial charge < -0.3 is 0 Å². The third kappa shape index (κ3) is 2.89. The lowest BCUT2D eigenvalue weighted by atomic mass is 10.0. The first-order valence-corrected chi connectivity index (χ1v) is 8.82. The molecule has 0 saturated carbocycles. The van der Waals surface area contributed by atoms with Gasteiger partial charge in [0.15, 0.2) is 0 Å². The second-order valence-corrected chi connectivity index (χ2v) is 7.62. The van der Waals surface area contributed by atoms with Crippen LogP contribution in [0.5, 0.6) is 0 Å². The Morgan fingerprint density at radius 3 is 2.38 bits per heavy atom. The smallest absolute Gasteiger partial charge is 0.246 e. The lowest BCUT2D eigenvalue weighted by Gasteiger charge is -2.29. The predicted molar refractivity (Wildman–Crippen MR) is 79.8 cm³/mol.